The van der Waals surface area contributed by atoms with Crippen LogP contribution in [-0.2, 0) is 16.9 Å². The highest BCUT2D eigenvalue weighted by molar-refractivity contribution is 7.99. The second-order valence-corrected chi connectivity index (χ2v) is 6.15. The predicted octanol–water partition coefficient (Wildman–Crippen LogP) is 0.221. The van der Waals surface area contributed by atoms with Crippen molar-refractivity contribution in [2.75, 3.05) is 0 Å². The highest BCUT2D eigenvalue weighted by Gasteiger charge is 2.19. The minimum absolute atomic E-state index is 0.189. The smallest absolute Gasteiger partial charge is 0.325 e. The van der Waals surface area contributed by atoms with Crippen LogP contribution in [0.25, 0.3) is 0 Å². The monoisotopic (exact) mass is 310 g/mol. The predicted molar refractivity (Wildman–Crippen MR) is 73.1 cm³/mol. The van der Waals surface area contributed by atoms with Gasteiger partial charge >= 0.3 is 5.97 Å². The number of aliphatic carboxylic acids is 1. The fourth-order valence-corrected chi connectivity index (χ4v) is 2.33. The summed E-state index contributed by atoms with van der Waals surface area (Å²) in [6, 6.07) is 0. The van der Waals surface area contributed by atoms with Crippen LogP contribution >= 0.6 is 11.8 Å². The van der Waals surface area contributed by atoms with E-state index in [-0.39, 0.29) is 27.8 Å². The molecule has 21 heavy (non-hydrogen) atoms. The molecule has 1 N–H and O–H groups in total. The number of rotatable bonds is 4. The largest absolute Gasteiger partial charge is 0.480 e. The molecule has 0 spiro atoms. The molecule has 0 amide bonds. The first-order valence-corrected chi connectivity index (χ1v) is 6.84. The summed E-state index contributed by atoms with van der Waals surface area (Å²) in [6.07, 6.45) is 3.12. The molecule has 2 rings (SSSR count). The van der Waals surface area contributed by atoms with E-state index in [1.165, 1.54) is 6.20 Å². The van der Waals surface area contributed by atoms with Crippen molar-refractivity contribution in [2.24, 2.45) is 0 Å². The Labute approximate surface area is 124 Å². The minimum Gasteiger partial charge on any atom is -0.480 e. The molecule has 0 radical (unpaired) electrons. The van der Waals surface area contributed by atoms with Gasteiger partial charge in [0.05, 0.1) is 0 Å². The number of carboxylic acids is 1. The van der Waals surface area contributed by atoms with Crippen molar-refractivity contribution >= 4 is 17.7 Å². The third-order valence-corrected chi connectivity index (χ3v) is 3.45. The Morgan fingerprint density at radius 1 is 1.43 bits per heavy atom. The number of tetrazole rings is 1. The molecule has 0 bridgehead atoms. The third kappa shape index (κ3) is 3.45. The molecule has 2 aromatic rings. The summed E-state index contributed by atoms with van der Waals surface area (Å²) < 4.78 is 2.65. The summed E-state index contributed by atoms with van der Waals surface area (Å²) in [4.78, 5) is 27.1. The van der Waals surface area contributed by atoms with Gasteiger partial charge in [-0.05, 0) is 43.0 Å². The van der Waals surface area contributed by atoms with Crippen LogP contribution in [0.1, 0.15) is 20.8 Å². The molecular formula is C11H14N6O3S. The molecule has 0 saturated carbocycles. The first-order valence-electron chi connectivity index (χ1n) is 6.03. The Kier molecular flexibility index (Phi) is 4.07. The van der Waals surface area contributed by atoms with E-state index >= 15 is 0 Å². The molecule has 2 heterocycles. The zero-order valence-corrected chi connectivity index (χ0v) is 12.5. The molecule has 0 aromatic carbocycles. The second-order valence-electron chi connectivity index (χ2n) is 5.19. The molecule has 9 nitrogen and oxygen atoms in total. The summed E-state index contributed by atoms with van der Waals surface area (Å²) in [5.74, 6) is -1.07. The van der Waals surface area contributed by atoms with Gasteiger partial charge in [-0.25, -0.2) is 9.67 Å². The van der Waals surface area contributed by atoms with E-state index in [0.717, 1.165) is 16.4 Å². The highest BCUT2D eigenvalue weighted by Crippen LogP contribution is 2.21. The lowest BCUT2D eigenvalue weighted by Gasteiger charge is -2.22. The fraction of sp³-hybridized carbons (Fsp3) is 0.455. The van der Waals surface area contributed by atoms with Crippen LogP contribution in [0.5, 0.6) is 0 Å². The number of hydrogen-bond donors (Lipinski definition) is 1. The van der Waals surface area contributed by atoms with Gasteiger partial charge in [0.2, 0.25) is 5.16 Å². The maximum absolute atomic E-state index is 12.4. The van der Waals surface area contributed by atoms with Gasteiger partial charge in [-0.3, -0.25) is 9.59 Å². The Hall–Kier alpha value is -2.23. The number of aromatic nitrogens is 6. The van der Waals surface area contributed by atoms with Crippen molar-refractivity contribution in [1.29, 1.82) is 0 Å². The average Bonchev–Trinajstić information content (AvgIpc) is 2.77. The highest BCUT2D eigenvalue weighted by atomic mass is 32.2. The van der Waals surface area contributed by atoms with E-state index in [4.69, 9.17) is 5.11 Å². The molecular weight excluding hydrogens is 296 g/mol. The number of carbonyl (C=O) groups is 1. The first-order chi connectivity index (χ1) is 9.79. The number of hydrogen-bond acceptors (Lipinski definition) is 7. The van der Waals surface area contributed by atoms with Gasteiger partial charge in [0.25, 0.3) is 5.56 Å². The van der Waals surface area contributed by atoms with Crippen LogP contribution in [0, 0.1) is 0 Å². The topological polar surface area (TPSA) is 116 Å². The van der Waals surface area contributed by atoms with Crippen LogP contribution in [0.3, 0.4) is 0 Å². The van der Waals surface area contributed by atoms with Crippen molar-refractivity contribution in [3.8, 4) is 0 Å². The van der Waals surface area contributed by atoms with E-state index in [2.05, 4.69) is 20.5 Å². The average molecular weight is 310 g/mol. The van der Waals surface area contributed by atoms with E-state index in [1.54, 1.807) is 10.8 Å². The zero-order chi connectivity index (χ0) is 15.6. The number of nitrogens with zero attached hydrogens (tertiary/aromatic N) is 6. The Balaban J connectivity index is 2.35. The molecule has 2 aromatic heterocycles. The van der Waals surface area contributed by atoms with E-state index in [9.17, 15) is 9.59 Å². The molecule has 0 aliphatic heterocycles. The van der Waals surface area contributed by atoms with Crippen LogP contribution in [0.2, 0.25) is 0 Å². The van der Waals surface area contributed by atoms with Gasteiger partial charge in [-0.15, -0.1) is 5.10 Å². The Morgan fingerprint density at radius 3 is 2.76 bits per heavy atom. The van der Waals surface area contributed by atoms with Gasteiger partial charge in [0.1, 0.15) is 6.54 Å². The zero-order valence-electron chi connectivity index (χ0n) is 11.7. The van der Waals surface area contributed by atoms with Gasteiger partial charge in [-0.2, -0.15) is 0 Å². The molecule has 112 valence electrons. The van der Waals surface area contributed by atoms with Gasteiger partial charge in [-0.1, -0.05) is 0 Å². The molecule has 0 unspecified atom stereocenters. The lowest BCUT2D eigenvalue weighted by atomic mass is 10.1. The third-order valence-electron chi connectivity index (χ3n) is 2.50. The quantitative estimate of drug-likeness (QED) is 0.852. The molecule has 0 fully saturated rings. The molecule has 0 aliphatic rings. The van der Waals surface area contributed by atoms with Crippen molar-refractivity contribution in [3.05, 3.63) is 22.7 Å². The van der Waals surface area contributed by atoms with Crippen molar-refractivity contribution in [1.82, 2.24) is 29.8 Å². The second kappa shape index (κ2) is 5.64. The number of carboxylic acid groups (broad SMARTS) is 1. The summed E-state index contributed by atoms with van der Waals surface area (Å²) in [7, 11) is 0. The maximum Gasteiger partial charge on any atom is 0.325 e. The Bertz CT molecular complexity index is 717. The summed E-state index contributed by atoms with van der Waals surface area (Å²) >= 11 is 0.939. The van der Waals surface area contributed by atoms with Gasteiger partial charge in [0, 0.05) is 17.9 Å². The lowest BCUT2D eigenvalue weighted by Crippen LogP contribution is -2.34. The fourth-order valence-electron chi connectivity index (χ4n) is 1.58. The molecule has 10 heteroatoms. The normalized spacial score (nSPS) is 11.6. The first kappa shape index (κ1) is 15.2. The van der Waals surface area contributed by atoms with Gasteiger partial charge in [0.15, 0.2) is 5.03 Å². The van der Waals surface area contributed by atoms with Crippen LogP contribution in [0.15, 0.2) is 27.4 Å². The Morgan fingerprint density at radius 2 is 2.14 bits per heavy atom. The molecule has 0 saturated heterocycles. The van der Waals surface area contributed by atoms with Crippen molar-refractivity contribution in [2.45, 2.75) is 43.0 Å². The summed E-state index contributed by atoms with van der Waals surface area (Å²) in [5.41, 5.74) is -0.664. The standard InChI is InChI=1S/C11H14N6O3S/c1-11(2,3)16-5-4-12-8(9(16)20)21-10-13-14-15-17(10)6-7(18)19/h4-5H,6H2,1-3H3,(H,18,19). The van der Waals surface area contributed by atoms with Crippen molar-refractivity contribution in [3.63, 3.8) is 0 Å². The van der Waals surface area contributed by atoms with E-state index in [1.807, 2.05) is 20.8 Å². The summed E-state index contributed by atoms with van der Waals surface area (Å²) in [5, 5.41) is 19.9. The molecule has 0 aliphatic carbocycles. The van der Waals surface area contributed by atoms with Gasteiger partial charge < -0.3 is 9.67 Å². The minimum atomic E-state index is -1.07. The summed E-state index contributed by atoms with van der Waals surface area (Å²) in [6.45, 7) is 5.32. The van der Waals surface area contributed by atoms with E-state index in [0.29, 0.717) is 0 Å². The van der Waals surface area contributed by atoms with E-state index < -0.39 is 5.97 Å². The van der Waals surface area contributed by atoms with Crippen LogP contribution in [-0.4, -0.2) is 40.8 Å². The lowest BCUT2D eigenvalue weighted by molar-refractivity contribution is -0.138. The molecule has 0 atom stereocenters. The maximum atomic E-state index is 12.4. The van der Waals surface area contributed by atoms with Crippen LogP contribution < -0.4 is 5.56 Å². The van der Waals surface area contributed by atoms with Crippen molar-refractivity contribution < 1.29 is 9.90 Å². The SMILES string of the molecule is CC(C)(C)n1ccnc(Sc2nnnn2CC(=O)O)c1=O. The van der Waals surface area contributed by atoms with Crippen LogP contribution in [0.4, 0.5) is 0 Å².